The van der Waals surface area contributed by atoms with Crippen molar-refractivity contribution in [2.75, 3.05) is 23.3 Å². The number of phenols is 1. The molecule has 8 heteroatoms. The van der Waals surface area contributed by atoms with Gasteiger partial charge < -0.3 is 10.0 Å². The van der Waals surface area contributed by atoms with Crippen molar-refractivity contribution in [3.8, 4) is 5.75 Å². The second-order valence-corrected chi connectivity index (χ2v) is 6.06. The molecule has 1 aliphatic heterocycles. The van der Waals surface area contributed by atoms with Crippen LogP contribution in [-0.4, -0.2) is 39.3 Å². The number of hydrogen-bond donors (Lipinski definition) is 3. The molecule has 1 fully saturated rings. The van der Waals surface area contributed by atoms with Crippen molar-refractivity contribution in [1.82, 2.24) is 15.2 Å². The molecule has 1 amide bonds. The van der Waals surface area contributed by atoms with Crippen LogP contribution in [0.1, 0.15) is 29.6 Å². The van der Waals surface area contributed by atoms with Crippen molar-refractivity contribution in [3.63, 3.8) is 0 Å². The molecule has 1 saturated heterocycles. The third-order valence-electron chi connectivity index (χ3n) is 3.55. The Labute approximate surface area is 135 Å². The number of carbonyl (C=O) groups is 1. The number of carbonyl (C=O) groups excluding carboxylic acids is 1. The summed E-state index contributed by atoms with van der Waals surface area (Å²) in [7, 11) is 0. The van der Waals surface area contributed by atoms with E-state index in [4.69, 9.17) is 0 Å². The van der Waals surface area contributed by atoms with Crippen LogP contribution in [0.2, 0.25) is 0 Å². The lowest BCUT2D eigenvalue weighted by Gasteiger charge is -2.24. The number of aromatic nitrogens is 3. The average Bonchev–Trinajstić information content (AvgIpc) is 2.96. The first-order valence-corrected chi connectivity index (χ1v) is 7.90. The Bertz CT molecular complexity index is 682. The maximum absolute atomic E-state index is 12.1. The van der Waals surface area contributed by atoms with Crippen LogP contribution < -0.4 is 10.2 Å². The quantitative estimate of drug-likeness (QED) is 0.776. The summed E-state index contributed by atoms with van der Waals surface area (Å²) in [6.45, 7) is 1.86. The molecule has 1 aliphatic rings. The lowest BCUT2D eigenvalue weighted by molar-refractivity contribution is 0.102. The Morgan fingerprint density at radius 3 is 2.82 bits per heavy atom. The van der Waals surface area contributed by atoms with E-state index in [1.807, 2.05) is 0 Å². The lowest BCUT2D eigenvalue weighted by Crippen LogP contribution is -2.30. The van der Waals surface area contributed by atoms with Gasteiger partial charge in [0.2, 0.25) is 11.9 Å². The monoisotopic (exact) mass is 365 g/mol. The first kappa shape index (κ1) is 14.8. The summed E-state index contributed by atoms with van der Waals surface area (Å²) >= 11 is 3.23. The summed E-state index contributed by atoms with van der Waals surface area (Å²) in [4.78, 5) is 18.5. The maximum Gasteiger partial charge on any atom is 0.261 e. The standard InChI is InChI=1S/C14H16BrN5O2/c15-9-4-5-10(11(21)8-9)12(22)16-13-17-14(19-18-13)20-6-2-1-3-7-20/h4-5,8,21H,1-3,6-7H2,(H2,16,17,18,19,22). The molecule has 0 aliphatic carbocycles. The lowest BCUT2D eigenvalue weighted by atomic mass is 10.1. The van der Waals surface area contributed by atoms with E-state index in [0.717, 1.165) is 25.9 Å². The molecule has 0 atom stereocenters. The molecule has 1 aromatic carbocycles. The fourth-order valence-corrected chi connectivity index (χ4v) is 2.76. The van der Waals surface area contributed by atoms with Crippen LogP contribution in [0, 0.1) is 0 Å². The molecule has 0 unspecified atom stereocenters. The van der Waals surface area contributed by atoms with Crippen LogP contribution in [0.15, 0.2) is 22.7 Å². The fourth-order valence-electron chi connectivity index (χ4n) is 2.42. The minimum atomic E-state index is -0.439. The molecule has 2 heterocycles. The van der Waals surface area contributed by atoms with Crippen molar-refractivity contribution in [1.29, 1.82) is 0 Å². The van der Waals surface area contributed by atoms with Gasteiger partial charge in [0.15, 0.2) is 0 Å². The van der Waals surface area contributed by atoms with Crippen molar-refractivity contribution >= 4 is 33.7 Å². The zero-order valence-electron chi connectivity index (χ0n) is 11.8. The number of anilines is 2. The molecule has 2 aromatic rings. The number of halogens is 1. The highest BCUT2D eigenvalue weighted by Gasteiger charge is 2.17. The van der Waals surface area contributed by atoms with E-state index < -0.39 is 5.91 Å². The van der Waals surface area contributed by atoms with Gasteiger partial charge in [0.05, 0.1) is 5.56 Å². The Kier molecular flexibility index (Phi) is 4.28. The van der Waals surface area contributed by atoms with E-state index in [9.17, 15) is 9.90 Å². The minimum Gasteiger partial charge on any atom is -0.507 e. The van der Waals surface area contributed by atoms with Crippen LogP contribution in [0.25, 0.3) is 0 Å². The van der Waals surface area contributed by atoms with E-state index >= 15 is 0 Å². The van der Waals surface area contributed by atoms with Gasteiger partial charge in [0, 0.05) is 17.6 Å². The Hall–Kier alpha value is -2.09. The number of nitrogens with zero attached hydrogens (tertiary/aromatic N) is 3. The molecule has 22 heavy (non-hydrogen) atoms. The topological polar surface area (TPSA) is 94.1 Å². The number of hydrogen-bond acceptors (Lipinski definition) is 5. The zero-order valence-corrected chi connectivity index (χ0v) is 13.4. The van der Waals surface area contributed by atoms with Gasteiger partial charge in [0.1, 0.15) is 5.75 Å². The number of nitrogens with one attached hydrogen (secondary N) is 2. The first-order chi connectivity index (χ1) is 10.6. The number of H-pyrrole nitrogens is 1. The van der Waals surface area contributed by atoms with E-state index in [1.165, 1.54) is 18.6 Å². The van der Waals surface area contributed by atoms with Crippen molar-refractivity contribution in [3.05, 3.63) is 28.2 Å². The van der Waals surface area contributed by atoms with E-state index in [2.05, 4.69) is 41.3 Å². The summed E-state index contributed by atoms with van der Waals surface area (Å²) in [6, 6.07) is 4.69. The number of amides is 1. The first-order valence-electron chi connectivity index (χ1n) is 7.11. The average molecular weight is 366 g/mol. The van der Waals surface area contributed by atoms with Gasteiger partial charge in [-0.1, -0.05) is 15.9 Å². The molecule has 3 N–H and O–H groups in total. The third kappa shape index (κ3) is 3.22. The molecule has 3 rings (SSSR count). The summed E-state index contributed by atoms with van der Waals surface area (Å²) < 4.78 is 0.702. The summed E-state index contributed by atoms with van der Waals surface area (Å²) in [5.41, 5.74) is 0.180. The molecule has 1 aromatic heterocycles. The van der Waals surface area contributed by atoms with Crippen LogP contribution in [0.3, 0.4) is 0 Å². The van der Waals surface area contributed by atoms with Crippen molar-refractivity contribution in [2.24, 2.45) is 0 Å². The number of rotatable bonds is 3. The van der Waals surface area contributed by atoms with Crippen LogP contribution >= 0.6 is 15.9 Å². The van der Waals surface area contributed by atoms with Crippen molar-refractivity contribution < 1.29 is 9.90 Å². The van der Waals surface area contributed by atoms with Crippen LogP contribution in [0.4, 0.5) is 11.9 Å². The van der Waals surface area contributed by atoms with Gasteiger partial charge in [-0.15, -0.1) is 5.10 Å². The predicted molar refractivity (Wildman–Crippen MR) is 86.2 cm³/mol. The van der Waals surface area contributed by atoms with E-state index in [1.54, 1.807) is 6.07 Å². The molecule has 116 valence electrons. The summed E-state index contributed by atoms with van der Waals surface area (Å²) in [5.74, 6) is 0.330. The van der Waals surface area contributed by atoms with Gasteiger partial charge in [-0.05, 0) is 37.5 Å². The number of phenolic OH excluding ortho intramolecular Hbond substituents is 1. The fraction of sp³-hybridized carbons (Fsp3) is 0.357. The second kappa shape index (κ2) is 6.35. The highest BCUT2D eigenvalue weighted by atomic mass is 79.9. The third-order valence-corrected chi connectivity index (χ3v) is 4.04. The molecular formula is C14H16BrN5O2. The van der Waals surface area contributed by atoms with E-state index in [-0.39, 0.29) is 17.3 Å². The highest BCUT2D eigenvalue weighted by Crippen LogP contribution is 2.23. The Morgan fingerprint density at radius 2 is 2.09 bits per heavy atom. The highest BCUT2D eigenvalue weighted by molar-refractivity contribution is 9.10. The smallest absolute Gasteiger partial charge is 0.261 e. The van der Waals surface area contributed by atoms with Crippen molar-refractivity contribution in [2.45, 2.75) is 19.3 Å². The normalized spacial score (nSPS) is 14.9. The zero-order chi connectivity index (χ0) is 15.5. The number of aromatic amines is 1. The second-order valence-electron chi connectivity index (χ2n) is 5.15. The molecule has 0 saturated carbocycles. The van der Waals surface area contributed by atoms with Gasteiger partial charge in [-0.25, -0.2) is 5.10 Å². The van der Waals surface area contributed by atoms with Gasteiger partial charge in [0.25, 0.3) is 5.91 Å². The minimum absolute atomic E-state index is 0.0948. The Morgan fingerprint density at radius 1 is 1.32 bits per heavy atom. The summed E-state index contributed by atoms with van der Waals surface area (Å²) in [6.07, 6.45) is 3.49. The largest absolute Gasteiger partial charge is 0.507 e. The SMILES string of the molecule is O=C(Nc1nc(N2CCCCC2)n[nH]1)c1ccc(Br)cc1O. The van der Waals surface area contributed by atoms with Crippen LogP contribution in [0.5, 0.6) is 5.75 Å². The predicted octanol–water partition coefficient (Wildman–Crippen LogP) is 2.52. The molecular weight excluding hydrogens is 350 g/mol. The van der Waals surface area contributed by atoms with Crippen LogP contribution in [-0.2, 0) is 0 Å². The van der Waals surface area contributed by atoms with Gasteiger partial charge >= 0.3 is 0 Å². The van der Waals surface area contributed by atoms with Gasteiger partial charge in [-0.2, -0.15) is 4.98 Å². The molecule has 0 bridgehead atoms. The summed E-state index contributed by atoms with van der Waals surface area (Å²) in [5, 5.41) is 19.2. The van der Waals surface area contributed by atoms with E-state index in [0.29, 0.717) is 10.4 Å². The molecule has 0 radical (unpaired) electrons. The maximum atomic E-state index is 12.1. The number of aromatic hydroxyl groups is 1. The molecule has 0 spiro atoms. The Balaban J connectivity index is 1.70. The molecule has 7 nitrogen and oxygen atoms in total. The van der Waals surface area contributed by atoms with Gasteiger partial charge in [-0.3, -0.25) is 10.1 Å². The number of benzene rings is 1. The number of piperidine rings is 1.